The maximum atomic E-state index is 11.1. The molecule has 0 saturated heterocycles. The first kappa shape index (κ1) is 13.6. The molecule has 0 bridgehead atoms. The molecule has 14 heavy (non-hydrogen) atoms. The lowest BCUT2D eigenvalue weighted by molar-refractivity contribution is -0.121. The average Bonchev–Trinajstić information content (AvgIpc) is 2.01. The Morgan fingerprint density at radius 3 is 2.64 bits per heavy atom. The largest absolute Gasteiger partial charge is 0.344 e. The summed E-state index contributed by atoms with van der Waals surface area (Å²) >= 11 is 0. The van der Waals surface area contributed by atoms with Crippen molar-refractivity contribution in [2.45, 2.75) is 32.4 Å². The Kier molecular flexibility index (Phi) is 6.00. The van der Waals surface area contributed by atoms with Crippen LogP contribution in [0.2, 0.25) is 0 Å². The normalized spacial score (nSPS) is 17.1. The van der Waals surface area contributed by atoms with Gasteiger partial charge >= 0.3 is 0 Å². The van der Waals surface area contributed by atoms with Crippen molar-refractivity contribution in [2.75, 3.05) is 12.8 Å². The van der Waals surface area contributed by atoms with Crippen molar-refractivity contribution >= 4 is 13.3 Å². The Labute approximate surface area is 84.5 Å². The molecule has 0 aliphatic rings. The zero-order valence-corrected chi connectivity index (χ0v) is 9.59. The highest BCUT2D eigenvalue weighted by Crippen LogP contribution is 2.35. The van der Waals surface area contributed by atoms with E-state index in [1.165, 1.54) is 6.66 Å². The maximum Gasteiger partial charge on any atom is 0.221 e. The van der Waals surface area contributed by atoms with Crippen LogP contribution in [0.15, 0.2) is 0 Å². The number of carbonyl (C=O) groups is 1. The van der Waals surface area contributed by atoms with Crippen molar-refractivity contribution in [3.8, 4) is 0 Å². The standard InChI is InChI=1S/C8H19N2O3P/c1-3-7(9)10-8(11)5-4-6-14(2,12)13/h7H,3-6,9H2,1-2H3,(H,10,11)(H,12,13). The molecule has 6 heteroatoms. The quantitative estimate of drug-likeness (QED) is 0.450. The van der Waals surface area contributed by atoms with Crippen LogP contribution in [-0.2, 0) is 9.36 Å². The van der Waals surface area contributed by atoms with E-state index in [4.69, 9.17) is 10.6 Å². The maximum absolute atomic E-state index is 11.1. The lowest BCUT2D eigenvalue weighted by Gasteiger charge is -2.11. The van der Waals surface area contributed by atoms with Crippen LogP contribution in [0.5, 0.6) is 0 Å². The number of nitrogens with two attached hydrogens (primary N) is 1. The summed E-state index contributed by atoms with van der Waals surface area (Å²) in [5.41, 5.74) is 5.50. The highest BCUT2D eigenvalue weighted by Gasteiger charge is 2.11. The van der Waals surface area contributed by atoms with Gasteiger partial charge in [0.1, 0.15) is 0 Å². The second-order valence-corrected chi connectivity index (χ2v) is 6.01. The van der Waals surface area contributed by atoms with Crippen LogP contribution in [0.1, 0.15) is 26.2 Å². The monoisotopic (exact) mass is 222 g/mol. The molecule has 0 radical (unpaired) electrons. The lowest BCUT2D eigenvalue weighted by atomic mass is 10.3. The molecule has 84 valence electrons. The first-order valence-corrected chi connectivity index (χ1v) is 6.98. The second kappa shape index (κ2) is 6.17. The molecule has 0 aromatic rings. The smallest absolute Gasteiger partial charge is 0.221 e. The second-order valence-electron chi connectivity index (χ2n) is 3.46. The van der Waals surface area contributed by atoms with E-state index >= 15 is 0 Å². The zero-order chi connectivity index (χ0) is 11.2. The summed E-state index contributed by atoms with van der Waals surface area (Å²) in [5, 5.41) is 2.58. The van der Waals surface area contributed by atoms with Crippen molar-refractivity contribution in [1.29, 1.82) is 0 Å². The summed E-state index contributed by atoms with van der Waals surface area (Å²) in [6.07, 6.45) is 1.23. The molecule has 0 spiro atoms. The molecule has 0 aromatic heterocycles. The van der Waals surface area contributed by atoms with E-state index in [1.54, 1.807) is 0 Å². The summed E-state index contributed by atoms with van der Waals surface area (Å²) < 4.78 is 10.9. The Hall–Kier alpha value is -0.380. The molecule has 0 rings (SSSR count). The van der Waals surface area contributed by atoms with Crippen molar-refractivity contribution < 1.29 is 14.3 Å². The Balaban J connectivity index is 3.60. The van der Waals surface area contributed by atoms with Gasteiger partial charge in [0.15, 0.2) is 7.37 Å². The number of hydrogen-bond donors (Lipinski definition) is 3. The van der Waals surface area contributed by atoms with Crippen LogP contribution in [0, 0.1) is 0 Å². The van der Waals surface area contributed by atoms with E-state index < -0.39 is 7.37 Å². The van der Waals surface area contributed by atoms with Gasteiger partial charge in [-0.15, -0.1) is 0 Å². The average molecular weight is 222 g/mol. The highest BCUT2D eigenvalue weighted by molar-refractivity contribution is 7.57. The fraction of sp³-hybridized carbons (Fsp3) is 0.875. The molecule has 0 aromatic carbocycles. The van der Waals surface area contributed by atoms with E-state index in [2.05, 4.69) is 5.32 Å². The lowest BCUT2D eigenvalue weighted by Crippen LogP contribution is -2.40. The predicted octanol–water partition coefficient (Wildman–Crippen LogP) is 0.478. The van der Waals surface area contributed by atoms with Gasteiger partial charge in [0.25, 0.3) is 0 Å². The van der Waals surface area contributed by atoms with Crippen molar-refractivity contribution in [3.63, 3.8) is 0 Å². The first-order valence-electron chi connectivity index (χ1n) is 4.69. The molecule has 0 saturated carbocycles. The van der Waals surface area contributed by atoms with Crippen LogP contribution < -0.4 is 11.1 Å². The highest BCUT2D eigenvalue weighted by atomic mass is 31.2. The van der Waals surface area contributed by atoms with E-state index in [0.29, 0.717) is 12.8 Å². The van der Waals surface area contributed by atoms with E-state index in [9.17, 15) is 9.36 Å². The van der Waals surface area contributed by atoms with Gasteiger partial charge in [0, 0.05) is 19.2 Å². The van der Waals surface area contributed by atoms with Crippen molar-refractivity contribution in [1.82, 2.24) is 5.32 Å². The minimum absolute atomic E-state index is 0.159. The summed E-state index contributed by atoms with van der Waals surface area (Å²) in [6, 6.07) is 0. The third kappa shape index (κ3) is 8.23. The zero-order valence-electron chi connectivity index (χ0n) is 8.69. The number of nitrogens with one attached hydrogen (secondary N) is 1. The van der Waals surface area contributed by atoms with Gasteiger partial charge in [-0.05, 0) is 12.8 Å². The fourth-order valence-corrected chi connectivity index (χ4v) is 1.66. The molecule has 5 nitrogen and oxygen atoms in total. The third-order valence-corrected chi connectivity index (χ3v) is 2.91. The Morgan fingerprint density at radius 1 is 1.64 bits per heavy atom. The van der Waals surface area contributed by atoms with Gasteiger partial charge in [0.2, 0.25) is 5.91 Å². The number of hydrogen-bond acceptors (Lipinski definition) is 3. The van der Waals surface area contributed by atoms with Gasteiger partial charge in [0.05, 0.1) is 6.17 Å². The predicted molar refractivity (Wildman–Crippen MR) is 56.3 cm³/mol. The number of amides is 1. The summed E-state index contributed by atoms with van der Waals surface area (Å²) in [7, 11) is -2.97. The Morgan fingerprint density at radius 2 is 2.21 bits per heavy atom. The topological polar surface area (TPSA) is 92.4 Å². The van der Waals surface area contributed by atoms with Crippen LogP contribution >= 0.6 is 7.37 Å². The molecule has 2 atom stereocenters. The van der Waals surface area contributed by atoms with E-state index in [-0.39, 0.29) is 24.7 Å². The minimum atomic E-state index is -2.97. The summed E-state index contributed by atoms with van der Waals surface area (Å²) in [4.78, 5) is 20.1. The molecule has 0 aliphatic carbocycles. The SMILES string of the molecule is CCC(N)NC(=O)CCCP(C)(=O)O. The molecule has 0 heterocycles. The van der Waals surface area contributed by atoms with E-state index in [0.717, 1.165) is 0 Å². The fourth-order valence-electron chi connectivity index (χ4n) is 0.914. The van der Waals surface area contributed by atoms with Crippen molar-refractivity contribution in [3.05, 3.63) is 0 Å². The Bertz CT molecular complexity index is 227. The van der Waals surface area contributed by atoms with Gasteiger partial charge in [-0.2, -0.15) is 0 Å². The number of carbonyl (C=O) groups excluding carboxylic acids is 1. The van der Waals surface area contributed by atoms with Gasteiger partial charge < -0.3 is 15.9 Å². The van der Waals surface area contributed by atoms with Crippen LogP contribution in [0.4, 0.5) is 0 Å². The third-order valence-electron chi connectivity index (χ3n) is 1.76. The summed E-state index contributed by atoms with van der Waals surface area (Å²) in [5.74, 6) is -0.159. The van der Waals surface area contributed by atoms with E-state index in [1.807, 2.05) is 6.92 Å². The molecule has 0 aliphatic heterocycles. The summed E-state index contributed by atoms with van der Waals surface area (Å²) in [6.45, 7) is 3.17. The van der Waals surface area contributed by atoms with Crippen LogP contribution in [0.25, 0.3) is 0 Å². The molecule has 2 unspecified atom stereocenters. The molecule has 0 fully saturated rings. The van der Waals surface area contributed by atoms with Crippen LogP contribution in [0.3, 0.4) is 0 Å². The van der Waals surface area contributed by atoms with Crippen LogP contribution in [-0.4, -0.2) is 29.8 Å². The van der Waals surface area contributed by atoms with Gasteiger partial charge in [-0.3, -0.25) is 9.36 Å². The van der Waals surface area contributed by atoms with Crippen molar-refractivity contribution in [2.24, 2.45) is 5.73 Å². The first-order chi connectivity index (χ1) is 6.35. The number of rotatable bonds is 6. The molecule has 1 amide bonds. The van der Waals surface area contributed by atoms with Gasteiger partial charge in [-0.25, -0.2) is 0 Å². The molecule has 4 N–H and O–H groups in total. The van der Waals surface area contributed by atoms with Gasteiger partial charge in [-0.1, -0.05) is 6.92 Å². The molecular formula is C8H19N2O3P. The minimum Gasteiger partial charge on any atom is -0.344 e. The molecular weight excluding hydrogens is 203 g/mol.